The molecule has 1 unspecified atom stereocenters. The molecule has 4 aromatic carbocycles. The van der Waals surface area contributed by atoms with Crippen molar-refractivity contribution in [2.45, 2.75) is 31.2 Å². The van der Waals surface area contributed by atoms with E-state index in [9.17, 15) is 18.0 Å². The third-order valence-corrected chi connectivity index (χ3v) is 9.78. The van der Waals surface area contributed by atoms with E-state index in [4.69, 9.17) is 16.3 Å². The first-order chi connectivity index (χ1) is 20.2. The number of nitrogens with zero attached hydrogens (tertiary/aromatic N) is 3. The summed E-state index contributed by atoms with van der Waals surface area (Å²) >= 11 is 6.19. The minimum Gasteiger partial charge on any atom is -0.452 e. The zero-order valence-electron chi connectivity index (χ0n) is 23.2. The Bertz CT molecular complexity index is 1770. The molecule has 0 aliphatic carbocycles. The quantitative estimate of drug-likeness (QED) is 0.217. The number of rotatable bonds is 9. The smallest absolute Gasteiger partial charge is 0.338 e. The van der Waals surface area contributed by atoms with Gasteiger partial charge in [-0.2, -0.15) is 9.41 Å². The van der Waals surface area contributed by atoms with Crippen LogP contribution in [0.2, 0.25) is 5.02 Å². The van der Waals surface area contributed by atoms with Gasteiger partial charge >= 0.3 is 5.97 Å². The van der Waals surface area contributed by atoms with Crippen molar-refractivity contribution in [3.8, 4) is 0 Å². The van der Waals surface area contributed by atoms with Crippen LogP contribution in [0.15, 0.2) is 101 Å². The van der Waals surface area contributed by atoms with E-state index < -0.39 is 28.5 Å². The van der Waals surface area contributed by atoms with Gasteiger partial charge in [0.2, 0.25) is 10.0 Å². The van der Waals surface area contributed by atoms with E-state index in [1.54, 1.807) is 13.8 Å². The lowest BCUT2D eigenvalue weighted by Gasteiger charge is -2.22. The Balaban J connectivity index is 1.37. The molecule has 0 spiro atoms. The molecule has 42 heavy (non-hydrogen) atoms. The minimum absolute atomic E-state index is 0.00662. The molecule has 8 nitrogen and oxygen atoms in total. The van der Waals surface area contributed by atoms with Crippen molar-refractivity contribution in [3.05, 3.63) is 113 Å². The van der Waals surface area contributed by atoms with Crippen LogP contribution in [0.1, 0.15) is 47.8 Å². The molecule has 0 saturated heterocycles. The van der Waals surface area contributed by atoms with E-state index in [0.717, 1.165) is 27.6 Å². The first-order valence-electron chi connectivity index (χ1n) is 13.6. The maximum absolute atomic E-state index is 13.4. The van der Waals surface area contributed by atoms with Crippen molar-refractivity contribution in [3.63, 3.8) is 0 Å². The van der Waals surface area contributed by atoms with Crippen LogP contribution >= 0.6 is 11.6 Å². The van der Waals surface area contributed by atoms with E-state index in [-0.39, 0.29) is 34.6 Å². The summed E-state index contributed by atoms with van der Waals surface area (Å²) in [6, 6.07) is 27.2. The highest BCUT2D eigenvalue weighted by molar-refractivity contribution is 7.89. The van der Waals surface area contributed by atoms with Crippen LogP contribution in [-0.4, -0.2) is 55.0 Å². The number of hydrogen-bond donors (Lipinski definition) is 0. The van der Waals surface area contributed by atoms with Crippen LogP contribution < -0.4 is 0 Å². The van der Waals surface area contributed by atoms with Gasteiger partial charge in [-0.3, -0.25) is 4.79 Å². The topological polar surface area (TPSA) is 96.3 Å². The Morgan fingerprint density at radius 1 is 0.929 bits per heavy atom. The molecule has 5 rings (SSSR count). The molecule has 4 aromatic rings. The molecule has 1 aliphatic rings. The predicted molar refractivity (Wildman–Crippen MR) is 163 cm³/mol. The molecule has 1 heterocycles. The predicted octanol–water partition coefficient (Wildman–Crippen LogP) is 6.06. The summed E-state index contributed by atoms with van der Waals surface area (Å²) in [5.74, 6) is -1.34. The van der Waals surface area contributed by atoms with Gasteiger partial charge in [0.25, 0.3) is 5.91 Å². The lowest BCUT2D eigenvalue weighted by atomic mass is 9.97. The average molecular weight is 604 g/mol. The van der Waals surface area contributed by atoms with Gasteiger partial charge in [-0.15, -0.1) is 0 Å². The van der Waals surface area contributed by atoms with Crippen LogP contribution in [-0.2, 0) is 19.6 Å². The van der Waals surface area contributed by atoms with Crippen molar-refractivity contribution in [2.24, 2.45) is 5.10 Å². The Kier molecular flexibility index (Phi) is 8.72. The fourth-order valence-corrected chi connectivity index (χ4v) is 6.98. The van der Waals surface area contributed by atoms with Crippen LogP contribution in [0.4, 0.5) is 0 Å². The van der Waals surface area contributed by atoms with Crippen molar-refractivity contribution >= 4 is 50.0 Å². The molecule has 0 aromatic heterocycles. The fraction of sp³-hybridized carbons (Fsp3) is 0.219. The summed E-state index contributed by atoms with van der Waals surface area (Å²) < 4.78 is 32.7. The number of amides is 1. The van der Waals surface area contributed by atoms with Crippen molar-refractivity contribution in [2.75, 3.05) is 19.7 Å². The van der Waals surface area contributed by atoms with Crippen LogP contribution in [0, 0.1) is 0 Å². The molecule has 1 amide bonds. The highest BCUT2D eigenvalue weighted by Crippen LogP contribution is 2.33. The number of hydrazone groups is 1. The molecule has 216 valence electrons. The second kappa shape index (κ2) is 12.4. The van der Waals surface area contributed by atoms with Crippen LogP contribution in [0.25, 0.3) is 10.8 Å². The number of ether oxygens (including phenoxy) is 1. The van der Waals surface area contributed by atoms with E-state index in [1.165, 1.54) is 27.5 Å². The van der Waals surface area contributed by atoms with Gasteiger partial charge < -0.3 is 4.74 Å². The van der Waals surface area contributed by atoms with Gasteiger partial charge in [-0.1, -0.05) is 92.2 Å². The van der Waals surface area contributed by atoms with Gasteiger partial charge in [0.15, 0.2) is 6.61 Å². The summed E-state index contributed by atoms with van der Waals surface area (Å²) in [4.78, 5) is 26.2. The normalized spacial score (nSPS) is 15.2. The third-order valence-electron chi connectivity index (χ3n) is 7.25. The van der Waals surface area contributed by atoms with Crippen LogP contribution in [0.3, 0.4) is 0 Å². The number of benzene rings is 4. The maximum Gasteiger partial charge on any atom is 0.338 e. The highest BCUT2D eigenvalue weighted by Gasteiger charge is 2.34. The molecule has 0 bridgehead atoms. The summed E-state index contributed by atoms with van der Waals surface area (Å²) in [6.07, 6.45) is 0.492. The zero-order valence-corrected chi connectivity index (χ0v) is 24.8. The first-order valence-corrected chi connectivity index (χ1v) is 15.4. The molecule has 0 N–H and O–H groups in total. The molecule has 0 fully saturated rings. The Morgan fingerprint density at radius 2 is 1.62 bits per heavy atom. The molecular weight excluding hydrogens is 574 g/mol. The van der Waals surface area contributed by atoms with E-state index in [1.807, 2.05) is 66.7 Å². The van der Waals surface area contributed by atoms with Gasteiger partial charge in [0.1, 0.15) is 4.90 Å². The monoisotopic (exact) mass is 603 g/mol. The number of hydrogen-bond acceptors (Lipinski definition) is 6. The van der Waals surface area contributed by atoms with E-state index in [2.05, 4.69) is 11.2 Å². The zero-order chi connectivity index (χ0) is 29.9. The summed E-state index contributed by atoms with van der Waals surface area (Å²) in [5.41, 5.74) is 2.53. The third kappa shape index (κ3) is 5.94. The first kappa shape index (κ1) is 29.4. The number of carbonyl (C=O) groups excluding carboxylic acids is 2. The van der Waals surface area contributed by atoms with Crippen LogP contribution in [0.5, 0.6) is 0 Å². The Hall–Kier alpha value is -4.05. The molecule has 0 radical (unpaired) electrons. The van der Waals surface area contributed by atoms with Gasteiger partial charge in [0.05, 0.1) is 22.3 Å². The summed E-state index contributed by atoms with van der Waals surface area (Å²) in [7, 11) is -3.92. The summed E-state index contributed by atoms with van der Waals surface area (Å²) in [5, 5.41) is 8.21. The number of halogens is 1. The lowest BCUT2D eigenvalue weighted by molar-refractivity contribution is -0.136. The van der Waals surface area contributed by atoms with Crippen molar-refractivity contribution in [1.29, 1.82) is 0 Å². The van der Waals surface area contributed by atoms with E-state index >= 15 is 0 Å². The fourth-order valence-electron chi connectivity index (χ4n) is 5.03. The van der Waals surface area contributed by atoms with Gasteiger partial charge in [-0.25, -0.2) is 18.2 Å². The maximum atomic E-state index is 13.4. The second-order valence-corrected chi connectivity index (χ2v) is 12.1. The average Bonchev–Trinajstić information content (AvgIpc) is 3.46. The van der Waals surface area contributed by atoms with E-state index in [0.29, 0.717) is 6.42 Å². The molecule has 1 aliphatic heterocycles. The molecular formula is C32H30ClN3O5S. The SMILES string of the molecule is CCN(CC)S(=O)(=O)c1cc(C(=O)OCC(=O)N2N=C(c3ccc4ccccc4c3)CC2c2ccccc2)ccc1Cl. The van der Waals surface area contributed by atoms with Gasteiger partial charge in [0, 0.05) is 19.5 Å². The standard InChI is InChI=1S/C32H30ClN3O5S/c1-3-35(4-2)42(39,40)30-19-26(16-17-27(30)33)32(38)41-21-31(37)36-29(23-11-6-5-7-12-23)20-28(34-36)25-15-14-22-10-8-9-13-24(22)18-25/h5-19,29H,3-4,20-21H2,1-2H3. The number of fused-ring (bicyclic) bond motifs is 1. The van der Waals surface area contributed by atoms with Gasteiger partial charge in [-0.05, 0) is 46.2 Å². The highest BCUT2D eigenvalue weighted by atomic mass is 35.5. The largest absolute Gasteiger partial charge is 0.452 e. The molecule has 1 atom stereocenters. The molecule has 0 saturated carbocycles. The lowest BCUT2D eigenvalue weighted by Crippen LogP contribution is -2.32. The number of sulfonamides is 1. The van der Waals surface area contributed by atoms with Crippen molar-refractivity contribution in [1.82, 2.24) is 9.31 Å². The Labute approximate surface area is 250 Å². The minimum atomic E-state index is -3.92. The Morgan fingerprint density at radius 3 is 2.33 bits per heavy atom. The number of carbonyl (C=O) groups is 2. The summed E-state index contributed by atoms with van der Waals surface area (Å²) in [6.45, 7) is 3.36. The second-order valence-electron chi connectivity index (χ2n) is 9.79. The number of esters is 1. The molecule has 10 heteroatoms. The van der Waals surface area contributed by atoms with Crippen molar-refractivity contribution < 1.29 is 22.7 Å².